The maximum absolute atomic E-state index is 11.3. The van der Waals surface area contributed by atoms with Gasteiger partial charge in [-0.3, -0.25) is 14.8 Å². The van der Waals surface area contributed by atoms with Crippen molar-refractivity contribution >= 4 is 11.6 Å². The van der Waals surface area contributed by atoms with Gasteiger partial charge in [-0.1, -0.05) is 0 Å². The summed E-state index contributed by atoms with van der Waals surface area (Å²) in [6.07, 6.45) is 0.553. The van der Waals surface area contributed by atoms with Gasteiger partial charge in [-0.25, -0.2) is 0 Å². The predicted molar refractivity (Wildman–Crippen MR) is 52.8 cm³/mol. The van der Waals surface area contributed by atoms with Gasteiger partial charge in [0.15, 0.2) is 0 Å². The number of hydrogen-bond donors (Lipinski definition) is 1. The summed E-state index contributed by atoms with van der Waals surface area (Å²) in [5, 5.41) is 12.6. The maximum Gasteiger partial charge on any atom is 0.242 e. The van der Waals surface area contributed by atoms with Crippen molar-refractivity contribution < 1.29 is 9.90 Å². The Kier molecular flexibility index (Phi) is 2.04. The lowest BCUT2D eigenvalue weighted by Crippen LogP contribution is -2.35. The molecule has 74 valence electrons. The minimum atomic E-state index is 0.123. The summed E-state index contributed by atoms with van der Waals surface area (Å²) in [5.41, 5.74) is 0.927. The molecule has 0 aromatic heterocycles. The number of nitrogens with zero attached hydrogens (tertiary/aromatic N) is 2. The topological polar surface area (TPSA) is 43.8 Å². The largest absolute Gasteiger partial charge is 0.508 e. The monoisotopic (exact) mass is 192 g/mol. The van der Waals surface area contributed by atoms with E-state index in [4.69, 9.17) is 5.11 Å². The van der Waals surface area contributed by atoms with Gasteiger partial charge in [0.1, 0.15) is 5.75 Å². The van der Waals surface area contributed by atoms with Crippen LogP contribution in [0.1, 0.15) is 6.42 Å². The van der Waals surface area contributed by atoms with Crippen LogP contribution in [0.4, 0.5) is 5.69 Å². The van der Waals surface area contributed by atoms with Gasteiger partial charge < -0.3 is 5.11 Å². The van der Waals surface area contributed by atoms with E-state index in [-0.39, 0.29) is 11.7 Å². The van der Waals surface area contributed by atoms with Crippen LogP contribution < -0.4 is 5.01 Å². The van der Waals surface area contributed by atoms with E-state index in [1.54, 1.807) is 36.3 Å². The van der Waals surface area contributed by atoms with Crippen LogP contribution >= 0.6 is 0 Å². The Hall–Kier alpha value is -1.71. The second-order valence-electron chi connectivity index (χ2n) is 3.31. The van der Waals surface area contributed by atoms with Gasteiger partial charge in [0, 0.05) is 20.0 Å². The molecule has 0 aliphatic carbocycles. The number of amides is 1. The number of carbonyl (C=O) groups is 1. The van der Waals surface area contributed by atoms with E-state index < -0.39 is 0 Å². The Bertz CT molecular complexity index is 348. The standard InChI is InChI=1S/C10H12N2O2/c1-11-10(14)6-7-12(11)8-2-4-9(13)5-3-8/h2-5,13H,6-7H2,1H3. The first-order valence-corrected chi connectivity index (χ1v) is 4.51. The van der Waals surface area contributed by atoms with Crippen LogP contribution in [0, 0.1) is 0 Å². The molecule has 1 aromatic carbocycles. The number of rotatable bonds is 1. The van der Waals surface area contributed by atoms with Crippen LogP contribution in [0.15, 0.2) is 24.3 Å². The smallest absolute Gasteiger partial charge is 0.242 e. The lowest BCUT2D eigenvalue weighted by molar-refractivity contribution is -0.126. The number of hydrogen-bond acceptors (Lipinski definition) is 3. The molecule has 1 heterocycles. The normalized spacial score (nSPS) is 16.5. The van der Waals surface area contributed by atoms with Gasteiger partial charge in [-0.15, -0.1) is 0 Å². The molecule has 1 aromatic rings. The van der Waals surface area contributed by atoms with Crippen LogP contribution in [-0.4, -0.2) is 29.6 Å². The van der Waals surface area contributed by atoms with E-state index in [0.29, 0.717) is 13.0 Å². The average molecular weight is 192 g/mol. The number of phenolic OH excluding ortho intramolecular Hbond substituents is 1. The molecule has 2 rings (SSSR count). The summed E-state index contributed by atoms with van der Waals surface area (Å²) in [6, 6.07) is 6.83. The zero-order valence-corrected chi connectivity index (χ0v) is 7.97. The summed E-state index contributed by atoms with van der Waals surface area (Å²) in [7, 11) is 1.75. The second kappa shape index (κ2) is 3.21. The van der Waals surface area contributed by atoms with Crippen molar-refractivity contribution in [3.8, 4) is 5.75 Å². The molecule has 0 atom stereocenters. The van der Waals surface area contributed by atoms with Gasteiger partial charge >= 0.3 is 0 Å². The molecular formula is C10H12N2O2. The van der Waals surface area contributed by atoms with Crippen LogP contribution in [0.2, 0.25) is 0 Å². The third-order valence-corrected chi connectivity index (χ3v) is 2.41. The first-order valence-electron chi connectivity index (χ1n) is 4.51. The molecule has 1 aliphatic rings. The molecule has 0 unspecified atom stereocenters. The van der Waals surface area contributed by atoms with E-state index in [1.807, 2.05) is 5.01 Å². The highest BCUT2D eigenvalue weighted by molar-refractivity contribution is 5.81. The predicted octanol–water partition coefficient (Wildman–Crippen LogP) is 0.976. The third-order valence-electron chi connectivity index (χ3n) is 2.41. The number of hydrazine groups is 1. The molecule has 14 heavy (non-hydrogen) atoms. The quantitative estimate of drug-likeness (QED) is 0.721. The Morgan fingerprint density at radius 3 is 2.43 bits per heavy atom. The molecule has 1 saturated heterocycles. The molecule has 4 heteroatoms. The molecule has 1 N–H and O–H groups in total. The lowest BCUT2D eigenvalue weighted by Gasteiger charge is -2.25. The molecule has 1 amide bonds. The molecule has 0 saturated carbocycles. The summed E-state index contributed by atoms with van der Waals surface area (Å²) >= 11 is 0. The van der Waals surface area contributed by atoms with Crippen molar-refractivity contribution in [3.05, 3.63) is 24.3 Å². The zero-order chi connectivity index (χ0) is 10.1. The highest BCUT2D eigenvalue weighted by Crippen LogP contribution is 2.23. The van der Waals surface area contributed by atoms with Gasteiger partial charge in [-0.05, 0) is 24.3 Å². The minimum absolute atomic E-state index is 0.123. The Morgan fingerprint density at radius 1 is 1.29 bits per heavy atom. The summed E-state index contributed by atoms with van der Waals surface area (Å²) in [4.78, 5) is 11.3. The fraction of sp³-hybridized carbons (Fsp3) is 0.300. The number of anilines is 1. The van der Waals surface area contributed by atoms with Crippen molar-refractivity contribution in [1.29, 1.82) is 0 Å². The number of benzene rings is 1. The number of aromatic hydroxyl groups is 1. The molecule has 1 aliphatic heterocycles. The van der Waals surface area contributed by atoms with E-state index >= 15 is 0 Å². The third kappa shape index (κ3) is 1.39. The molecule has 0 spiro atoms. The number of phenols is 1. The fourth-order valence-corrected chi connectivity index (χ4v) is 1.57. The molecule has 4 nitrogen and oxygen atoms in total. The van der Waals surface area contributed by atoms with Crippen LogP contribution in [0.25, 0.3) is 0 Å². The maximum atomic E-state index is 11.3. The van der Waals surface area contributed by atoms with E-state index in [1.165, 1.54) is 0 Å². The van der Waals surface area contributed by atoms with Crippen molar-refractivity contribution in [3.63, 3.8) is 0 Å². The Balaban J connectivity index is 2.23. The summed E-state index contributed by atoms with van der Waals surface area (Å²) < 4.78 is 0. The summed E-state index contributed by atoms with van der Waals surface area (Å²) in [5.74, 6) is 0.361. The summed E-state index contributed by atoms with van der Waals surface area (Å²) in [6.45, 7) is 0.708. The molecule has 0 radical (unpaired) electrons. The Labute approximate surface area is 82.3 Å². The highest BCUT2D eigenvalue weighted by atomic mass is 16.3. The molecular weight excluding hydrogens is 180 g/mol. The van der Waals surface area contributed by atoms with Crippen molar-refractivity contribution in [2.24, 2.45) is 0 Å². The Morgan fingerprint density at radius 2 is 1.93 bits per heavy atom. The second-order valence-corrected chi connectivity index (χ2v) is 3.31. The van der Waals surface area contributed by atoms with Crippen molar-refractivity contribution in [2.75, 3.05) is 18.6 Å². The van der Waals surface area contributed by atoms with Gasteiger partial charge in [0.05, 0.1) is 5.69 Å². The van der Waals surface area contributed by atoms with E-state index in [2.05, 4.69) is 0 Å². The SMILES string of the molecule is CN1C(=O)CCN1c1ccc(O)cc1. The average Bonchev–Trinajstić information content (AvgIpc) is 2.50. The fourth-order valence-electron chi connectivity index (χ4n) is 1.57. The van der Waals surface area contributed by atoms with Crippen LogP contribution in [-0.2, 0) is 4.79 Å². The lowest BCUT2D eigenvalue weighted by atomic mass is 10.3. The van der Waals surface area contributed by atoms with Crippen molar-refractivity contribution in [1.82, 2.24) is 5.01 Å². The number of carbonyl (C=O) groups excluding carboxylic acids is 1. The van der Waals surface area contributed by atoms with Crippen LogP contribution in [0.5, 0.6) is 5.75 Å². The van der Waals surface area contributed by atoms with E-state index in [0.717, 1.165) is 5.69 Å². The van der Waals surface area contributed by atoms with Crippen molar-refractivity contribution in [2.45, 2.75) is 6.42 Å². The molecule has 0 bridgehead atoms. The minimum Gasteiger partial charge on any atom is -0.508 e. The van der Waals surface area contributed by atoms with Gasteiger partial charge in [-0.2, -0.15) is 0 Å². The first-order chi connectivity index (χ1) is 6.68. The van der Waals surface area contributed by atoms with Gasteiger partial charge in [0.25, 0.3) is 0 Å². The van der Waals surface area contributed by atoms with E-state index in [9.17, 15) is 4.79 Å². The zero-order valence-electron chi connectivity index (χ0n) is 7.97. The first kappa shape index (κ1) is 8.87. The molecule has 1 fully saturated rings. The highest BCUT2D eigenvalue weighted by Gasteiger charge is 2.25. The van der Waals surface area contributed by atoms with Gasteiger partial charge in [0.2, 0.25) is 5.91 Å². The van der Waals surface area contributed by atoms with Crippen LogP contribution in [0.3, 0.4) is 0 Å².